The molecular weight excluding hydrogens is 386 g/mol. The van der Waals surface area contributed by atoms with Crippen LogP contribution in [-0.2, 0) is 12.3 Å². The summed E-state index contributed by atoms with van der Waals surface area (Å²) in [5.41, 5.74) is 2.42. The number of aryl methyl sites for hydroxylation is 1. The fourth-order valence-electron chi connectivity index (χ4n) is 2.81. The fraction of sp³-hybridized carbons (Fsp3) is 0.143. The number of carbonyl (C=O) groups is 1. The molecule has 7 nitrogen and oxygen atoms in total. The molecule has 0 saturated carbocycles. The Labute approximate surface area is 172 Å². The quantitative estimate of drug-likeness (QED) is 0.465. The van der Waals surface area contributed by atoms with Crippen molar-refractivity contribution in [3.63, 3.8) is 0 Å². The molecule has 3 heterocycles. The third-order valence-corrected chi connectivity index (χ3v) is 5.22. The second-order valence-electron chi connectivity index (χ2n) is 6.39. The first-order valence-electron chi connectivity index (χ1n) is 9.06. The highest BCUT2D eigenvalue weighted by atomic mass is 32.2. The first-order chi connectivity index (χ1) is 14.2. The fourth-order valence-corrected chi connectivity index (χ4v) is 3.68. The van der Waals surface area contributed by atoms with Gasteiger partial charge in [-0.25, -0.2) is 9.67 Å². The highest BCUT2D eigenvalue weighted by molar-refractivity contribution is 7.98. The van der Waals surface area contributed by atoms with Gasteiger partial charge in [0.05, 0.1) is 24.0 Å². The van der Waals surface area contributed by atoms with Gasteiger partial charge >= 0.3 is 0 Å². The molecule has 4 rings (SSSR count). The van der Waals surface area contributed by atoms with Gasteiger partial charge in [0.25, 0.3) is 5.91 Å². The summed E-state index contributed by atoms with van der Waals surface area (Å²) >= 11 is 1.44. The summed E-state index contributed by atoms with van der Waals surface area (Å²) in [6.45, 7) is 2.42. The molecule has 4 aromatic rings. The van der Waals surface area contributed by atoms with E-state index in [1.54, 1.807) is 35.3 Å². The number of hydrogen-bond donors (Lipinski definition) is 1. The minimum Gasteiger partial charge on any atom is -0.361 e. The summed E-state index contributed by atoms with van der Waals surface area (Å²) in [6.07, 6.45) is 3.34. The van der Waals surface area contributed by atoms with Crippen LogP contribution in [0.3, 0.4) is 0 Å². The van der Waals surface area contributed by atoms with Gasteiger partial charge in [0.15, 0.2) is 0 Å². The zero-order valence-corrected chi connectivity index (χ0v) is 16.6. The van der Waals surface area contributed by atoms with E-state index in [4.69, 9.17) is 4.52 Å². The number of thioether (sulfide) groups is 1. The van der Waals surface area contributed by atoms with Crippen molar-refractivity contribution in [3.8, 4) is 0 Å². The van der Waals surface area contributed by atoms with Crippen molar-refractivity contribution in [1.82, 2.24) is 19.9 Å². The molecule has 0 aliphatic heterocycles. The Morgan fingerprint density at radius 1 is 1.14 bits per heavy atom. The van der Waals surface area contributed by atoms with Gasteiger partial charge in [-0.3, -0.25) is 4.79 Å². The van der Waals surface area contributed by atoms with Crippen molar-refractivity contribution in [2.75, 3.05) is 5.32 Å². The summed E-state index contributed by atoms with van der Waals surface area (Å²) in [4.78, 5) is 17.3. The van der Waals surface area contributed by atoms with E-state index in [0.29, 0.717) is 28.7 Å². The summed E-state index contributed by atoms with van der Waals surface area (Å²) in [6, 6.07) is 17.1. The third kappa shape index (κ3) is 4.72. The number of benzene rings is 1. The van der Waals surface area contributed by atoms with E-state index in [2.05, 4.69) is 20.6 Å². The van der Waals surface area contributed by atoms with Crippen molar-refractivity contribution in [2.24, 2.45) is 0 Å². The van der Waals surface area contributed by atoms with Crippen LogP contribution < -0.4 is 5.32 Å². The number of anilines is 1. The van der Waals surface area contributed by atoms with Gasteiger partial charge in [0.2, 0.25) is 0 Å². The highest BCUT2D eigenvalue weighted by Crippen LogP contribution is 2.25. The molecule has 0 atom stereocenters. The van der Waals surface area contributed by atoms with Crippen LogP contribution in [0, 0.1) is 6.92 Å². The van der Waals surface area contributed by atoms with Gasteiger partial charge in [-0.1, -0.05) is 47.3 Å². The van der Waals surface area contributed by atoms with Gasteiger partial charge in [0.1, 0.15) is 16.6 Å². The molecule has 0 spiro atoms. The van der Waals surface area contributed by atoms with Crippen molar-refractivity contribution in [3.05, 3.63) is 89.6 Å². The Kier molecular flexibility index (Phi) is 5.71. The van der Waals surface area contributed by atoms with Crippen LogP contribution in [0.2, 0.25) is 0 Å². The maximum Gasteiger partial charge on any atom is 0.259 e. The zero-order valence-electron chi connectivity index (χ0n) is 15.8. The first-order valence-corrected chi connectivity index (χ1v) is 10.0. The number of pyridine rings is 1. The predicted molar refractivity (Wildman–Crippen MR) is 111 cm³/mol. The molecule has 0 saturated heterocycles. The number of nitrogens with one attached hydrogen (secondary N) is 1. The third-order valence-electron chi connectivity index (χ3n) is 4.18. The van der Waals surface area contributed by atoms with Crippen LogP contribution in [0.4, 0.5) is 5.82 Å². The van der Waals surface area contributed by atoms with E-state index in [9.17, 15) is 4.79 Å². The van der Waals surface area contributed by atoms with Gasteiger partial charge in [0, 0.05) is 24.1 Å². The lowest BCUT2D eigenvalue weighted by Gasteiger charge is -2.11. The lowest BCUT2D eigenvalue weighted by atomic mass is 10.2. The minimum atomic E-state index is -0.230. The highest BCUT2D eigenvalue weighted by Gasteiger charge is 2.16. The van der Waals surface area contributed by atoms with Crippen molar-refractivity contribution in [2.45, 2.75) is 24.2 Å². The zero-order chi connectivity index (χ0) is 20.1. The van der Waals surface area contributed by atoms with Crippen molar-refractivity contribution >= 4 is 23.5 Å². The predicted octanol–water partition coefficient (Wildman–Crippen LogP) is 4.17. The molecule has 146 valence electrons. The number of aromatic nitrogens is 4. The molecule has 0 aliphatic carbocycles. The molecule has 3 aromatic heterocycles. The molecule has 0 fully saturated rings. The van der Waals surface area contributed by atoms with E-state index in [1.165, 1.54) is 11.8 Å². The Morgan fingerprint density at radius 2 is 2.00 bits per heavy atom. The summed E-state index contributed by atoms with van der Waals surface area (Å²) in [5.74, 6) is 1.73. The van der Waals surface area contributed by atoms with Crippen LogP contribution in [0.1, 0.15) is 27.4 Å². The van der Waals surface area contributed by atoms with Crippen LogP contribution in [-0.4, -0.2) is 25.8 Å². The molecule has 0 bridgehead atoms. The number of nitrogens with zero attached hydrogens (tertiary/aromatic N) is 4. The average Bonchev–Trinajstić information content (AvgIpc) is 3.36. The molecule has 0 unspecified atom stereocenters. The van der Waals surface area contributed by atoms with Gasteiger partial charge in [-0.15, -0.1) is 0 Å². The second kappa shape index (κ2) is 8.74. The maximum atomic E-state index is 12.9. The second-order valence-corrected chi connectivity index (χ2v) is 7.35. The average molecular weight is 405 g/mol. The number of amides is 1. The van der Waals surface area contributed by atoms with Gasteiger partial charge in [-0.2, -0.15) is 5.10 Å². The van der Waals surface area contributed by atoms with Crippen LogP contribution in [0.5, 0.6) is 0 Å². The van der Waals surface area contributed by atoms with Crippen molar-refractivity contribution in [1.29, 1.82) is 0 Å². The summed E-state index contributed by atoms with van der Waals surface area (Å²) < 4.78 is 6.85. The van der Waals surface area contributed by atoms with Crippen LogP contribution in [0.15, 0.2) is 76.5 Å². The number of carbonyl (C=O) groups excluding carboxylic acids is 1. The first kappa shape index (κ1) is 18.9. The van der Waals surface area contributed by atoms with E-state index in [-0.39, 0.29) is 5.91 Å². The normalized spacial score (nSPS) is 10.8. The largest absolute Gasteiger partial charge is 0.361 e. The minimum absolute atomic E-state index is 0.230. The molecule has 1 amide bonds. The Bertz CT molecular complexity index is 1110. The number of hydrogen-bond acceptors (Lipinski definition) is 6. The smallest absolute Gasteiger partial charge is 0.259 e. The van der Waals surface area contributed by atoms with E-state index in [1.807, 2.05) is 43.3 Å². The maximum absolute atomic E-state index is 12.9. The molecule has 0 radical (unpaired) electrons. The van der Waals surface area contributed by atoms with Crippen LogP contribution in [0.25, 0.3) is 0 Å². The molecule has 8 heteroatoms. The topological polar surface area (TPSA) is 85.8 Å². The molecule has 1 N–H and O–H groups in total. The van der Waals surface area contributed by atoms with E-state index >= 15 is 0 Å². The SMILES string of the molecule is Cc1cc(CSc2ncccc2C(=O)Nc2ccnn2Cc2ccccc2)no1. The molecule has 1 aromatic carbocycles. The Morgan fingerprint density at radius 3 is 2.79 bits per heavy atom. The van der Waals surface area contributed by atoms with Crippen LogP contribution >= 0.6 is 11.8 Å². The van der Waals surface area contributed by atoms with Crippen molar-refractivity contribution < 1.29 is 9.32 Å². The lowest BCUT2D eigenvalue weighted by Crippen LogP contribution is -2.17. The number of rotatable bonds is 7. The summed E-state index contributed by atoms with van der Waals surface area (Å²) in [7, 11) is 0. The standard InChI is InChI=1S/C21H19N5O2S/c1-15-12-17(25-28-15)14-29-21-18(8-5-10-22-21)20(27)24-19-9-11-23-26(19)13-16-6-3-2-4-7-16/h2-12H,13-14H2,1H3,(H,24,27). The Balaban J connectivity index is 1.47. The monoisotopic (exact) mass is 405 g/mol. The molecule has 0 aliphatic rings. The van der Waals surface area contributed by atoms with E-state index < -0.39 is 0 Å². The molecule has 29 heavy (non-hydrogen) atoms. The van der Waals surface area contributed by atoms with Gasteiger partial charge < -0.3 is 9.84 Å². The lowest BCUT2D eigenvalue weighted by molar-refractivity contribution is 0.102. The Hall–Kier alpha value is -3.39. The summed E-state index contributed by atoms with van der Waals surface area (Å²) in [5, 5.41) is 11.9. The van der Waals surface area contributed by atoms with Gasteiger partial charge in [-0.05, 0) is 24.6 Å². The van der Waals surface area contributed by atoms with E-state index in [0.717, 1.165) is 17.0 Å². The molecular formula is C21H19N5O2S.